The van der Waals surface area contributed by atoms with Crippen molar-refractivity contribution in [2.24, 2.45) is 0 Å². The highest BCUT2D eigenvalue weighted by atomic mass is 16.5. The van der Waals surface area contributed by atoms with Crippen LogP contribution >= 0.6 is 0 Å². The second kappa shape index (κ2) is 6.45. The first-order valence-corrected chi connectivity index (χ1v) is 6.12. The molecule has 0 fully saturated rings. The van der Waals surface area contributed by atoms with Crippen LogP contribution in [0.15, 0.2) is 30.3 Å². The summed E-state index contributed by atoms with van der Waals surface area (Å²) in [5.41, 5.74) is 1.32. The average Bonchev–Trinajstić information content (AvgIpc) is 2.24. The van der Waals surface area contributed by atoms with Crippen molar-refractivity contribution in [1.82, 2.24) is 5.32 Å². The van der Waals surface area contributed by atoms with Gasteiger partial charge in [-0.05, 0) is 45.4 Å². The lowest BCUT2D eigenvalue weighted by Crippen LogP contribution is -2.38. The van der Waals surface area contributed by atoms with Crippen LogP contribution < -0.4 is 10.1 Å². The minimum atomic E-state index is 0.149. The van der Waals surface area contributed by atoms with Gasteiger partial charge in [0.25, 0.3) is 0 Å². The average molecular weight is 233 g/mol. The molecule has 0 spiro atoms. The van der Waals surface area contributed by atoms with Crippen LogP contribution in [-0.2, 0) is 0 Å². The molecule has 1 aromatic rings. The largest absolute Gasteiger partial charge is 0.492 e. The van der Waals surface area contributed by atoms with Crippen molar-refractivity contribution in [3.63, 3.8) is 0 Å². The molecule has 1 rings (SSSR count). The third-order valence-corrected chi connectivity index (χ3v) is 2.24. The molecule has 0 aliphatic rings. The van der Waals surface area contributed by atoms with Crippen molar-refractivity contribution >= 4 is 6.08 Å². The monoisotopic (exact) mass is 233 g/mol. The number of rotatable bonds is 5. The Hall–Kier alpha value is -1.28. The first kappa shape index (κ1) is 13.8. The van der Waals surface area contributed by atoms with Gasteiger partial charge >= 0.3 is 0 Å². The predicted molar refractivity (Wildman–Crippen MR) is 74.4 cm³/mol. The topological polar surface area (TPSA) is 21.3 Å². The molecule has 0 aromatic heterocycles. The van der Waals surface area contributed by atoms with Gasteiger partial charge in [-0.15, -0.1) is 0 Å². The van der Waals surface area contributed by atoms with E-state index in [9.17, 15) is 0 Å². The van der Waals surface area contributed by atoms with Crippen LogP contribution in [0.2, 0.25) is 0 Å². The number of nitrogens with one attached hydrogen (secondary N) is 1. The van der Waals surface area contributed by atoms with Crippen LogP contribution in [0.5, 0.6) is 5.75 Å². The fourth-order valence-electron chi connectivity index (χ4n) is 1.50. The predicted octanol–water partition coefficient (Wildman–Crippen LogP) is 3.49. The minimum absolute atomic E-state index is 0.149. The molecule has 94 valence electrons. The summed E-state index contributed by atoms with van der Waals surface area (Å²) in [5.74, 6) is 0.927. The SMILES string of the molecule is C/C=C/c1cccc(OCCNC(C)(C)C)c1. The summed E-state index contributed by atoms with van der Waals surface area (Å²) >= 11 is 0. The first-order valence-electron chi connectivity index (χ1n) is 6.12. The van der Waals surface area contributed by atoms with Crippen molar-refractivity contribution < 1.29 is 4.74 Å². The molecule has 0 heterocycles. The Balaban J connectivity index is 2.39. The molecule has 2 nitrogen and oxygen atoms in total. The second-order valence-corrected chi connectivity index (χ2v) is 5.10. The molecule has 1 N–H and O–H groups in total. The van der Waals surface area contributed by atoms with Gasteiger partial charge < -0.3 is 10.1 Å². The molecule has 0 radical (unpaired) electrons. The van der Waals surface area contributed by atoms with E-state index in [-0.39, 0.29) is 5.54 Å². The van der Waals surface area contributed by atoms with E-state index in [2.05, 4.69) is 44.3 Å². The molecular formula is C15H23NO. The minimum Gasteiger partial charge on any atom is -0.492 e. The highest BCUT2D eigenvalue weighted by Gasteiger charge is 2.07. The van der Waals surface area contributed by atoms with E-state index in [1.54, 1.807) is 0 Å². The summed E-state index contributed by atoms with van der Waals surface area (Å²) in [4.78, 5) is 0. The van der Waals surface area contributed by atoms with Crippen molar-refractivity contribution in [2.45, 2.75) is 33.2 Å². The van der Waals surface area contributed by atoms with Crippen molar-refractivity contribution in [3.05, 3.63) is 35.9 Å². The maximum absolute atomic E-state index is 5.69. The first-order chi connectivity index (χ1) is 8.01. The van der Waals surface area contributed by atoms with Gasteiger partial charge in [-0.3, -0.25) is 0 Å². The summed E-state index contributed by atoms with van der Waals surface area (Å²) in [7, 11) is 0. The van der Waals surface area contributed by atoms with Gasteiger partial charge in [-0.2, -0.15) is 0 Å². The summed E-state index contributed by atoms with van der Waals surface area (Å²) in [6, 6.07) is 8.13. The standard InChI is InChI=1S/C15H23NO/c1-5-7-13-8-6-9-14(12-13)17-11-10-16-15(2,3)4/h5-9,12,16H,10-11H2,1-4H3/b7-5+. The molecule has 0 aliphatic carbocycles. The number of hydrogen-bond donors (Lipinski definition) is 1. The van der Waals surface area contributed by atoms with E-state index < -0.39 is 0 Å². The third kappa shape index (κ3) is 6.12. The van der Waals surface area contributed by atoms with Gasteiger partial charge in [0.15, 0.2) is 0 Å². The third-order valence-electron chi connectivity index (χ3n) is 2.24. The number of ether oxygens (including phenoxy) is 1. The Morgan fingerprint density at radius 3 is 2.71 bits per heavy atom. The zero-order valence-electron chi connectivity index (χ0n) is 11.3. The van der Waals surface area contributed by atoms with E-state index in [0.29, 0.717) is 6.61 Å². The maximum Gasteiger partial charge on any atom is 0.119 e. The number of allylic oxidation sites excluding steroid dienone is 1. The second-order valence-electron chi connectivity index (χ2n) is 5.10. The fraction of sp³-hybridized carbons (Fsp3) is 0.467. The Bertz CT molecular complexity index is 363. The normalized spacial score (nSPS) is 12.0. The van der Waals surface area contributed by atoms with E-state index in [0.717, 1.165) is 12.3 Å². The summed E-state index contributed by atoms with van der Waals surface area (Å²) in [6.07, 6.45) is 4.10. The van der Waals surface area contributed by atoms with Gasteiger partial charge in [-0.25, -0.2) is 0 Å². The molecule has 1 aromatic carbocycles. The molecule has 0 saturated heterocycles. The quantitative estimate of drug-likeness (QED) is 0.786. The molecule has 2 heteroatoms. The van der Waals surface area contributed by atoms with E-state index in [1.807, 2.05) is 25.1 Å². The van der Waals surface area contributed by atoms with Crippen LogP contribution in [0.25, 0.3) is 6.08 Å². The number of hydrogen-bond acceptors (Lipinski definition) is 2. The van der Waals surface area contributed by atoms with Gasteiger partial charge in [0.05, 0.1) is 0 Å². The molecular weight excluding hydrogens is 210 g/mol. The number of benzene rings is 1. The molecule has 0 amide bonds. The Labute approximate surface area is 105 Å². The van der Waals surface area contributed by atoms with Crippen LogP contribution in [0.4, 0.5) is 0 Å². The van der Waals surface area contributed by atoms with Gasteiger partial charge in [0, 0.05) is 12.1 Å². The zero-order chi connectivity index (χ0) is 12.7. The molecule has 0 atom stereocenters. The molecule has 0 saturated carbocycles. The summed E-state index contributed by atoms with van der Waals surface area (Å²) < 4.78 is 5.69. The van der Waals surface area contributed by atoms with Gasteiger partial charge in [0.1, 0.15) is 12.4 Å². The van der Waals surface area contributed by atoms with E-state index in [4.69, 9.17) is 4.74 Å². The lowest BCUT2D eigenvalue weighted by atomic mass is 10.1. The maximum atomic E-state index is 5.69. The fourth-order valence-corrected chi connectivity index (χ4v) is 1.50. The van der Waals surface area contributed by atoms with Crippen molar-refractivity contribution in [1.29, 1.82) is 0 Å². The highest BCUT2D eigenvalue weighted by Crippen LogP contribution is 2.14. The Morgan fingerprint density at radius 2 is 2.06 bits per heavy atom. The van der Waals surface area contributed by atoms with Crippen LogP contribution in [0.3, 0.4) is 0 Å². The lowest BCUT2D eigenvalue weighted by Gasteiger charge is -2.20. The Morgan fingerprint density at radius 1 is 1.29 bits per heavy atom. The van der Waals surface area contributed by atoms with E-state index in [1.165, 1.54) is 5.56 Å². The van der Waals surface area contributed by atoms with E-state index >= 15 is 0 Å². The van der Waals surface area contributed by atoms with Gasteiger partial charge in [-0.1, -0.05) is 24.3 Å². The van der Waals surface area contributed by atoms with Crippen molar-refractivity contribution in [3.8, 4) is 5.75 Å². The lowest BCUT2D eigenvalue weighted by molar-refractivity contribution is 0.291. The van der Waals surface area contributed by atoms with Crippen LogP contribution in [0, 0.1) is 0 Å². The summed E-state index contributed by atoms with van der Waals surface area (Å²) in [6.45, 7) is 10.0. The highest BCUT2D eigenvalue weighted by molar-refractivity contribution is 5.51. The smallest absolute Gasteiger partial charge is 0.119 e. The van der Waals surface area contributed by atoms with Gasteiger partial charge in [0.2, 0.25) is 0 Å². The van der Waals surface area contributed by atoms with Crippen LogP contribution in [0.1, 0.15) is 33.3 Å². The van der Waals surface area contributed by atoms with Crippen molar-refractivity contribution in [2.75, 3.05) is 13.2 Å². The molecule has 0 unspecified atom stereocenters. The van der Waals surface area contributed by atoms with Crippen LogP contribution in [-0.4, -0.2) is 18.7 Å². The summed E-state index contributed by atoms with van der Waals surface area (Å²) in [5, 5.41) is 3.39. The molecule has 17 heavy (non-hydrogen) atoms. The molecule has 0 bridgehead atoms. The molecule has 0 aliphatic heterocycles. The zero-order valence-corrected chi connectivity index (χ0v) is 11.3. The Kier molecular flexibility index (Phi) is 5.23.